The van der Waals surface area contributed by atoms with Crippen LogP contribution in [0.1, 0.15) is 63.9 Å². The Morgan fingerprint density at radius 3 is 1.08 bits per heavy atom. The van der Waals surface area contributed by atoms with Gasteiger partial charge in [-0.2, -0.15) is 0 Å². The molecule has 0 spiro atoms. The van der Waals surface area contributed by atoms with Gasteiger partial charge in [0.15, 0.2) is 0 Å². The average Bonchev–Trinajstić information content (AvgIpc) is 2.80. The summed E-state index contributed by atoms with van der Waals surface area (Å²) in [5.41, 5.74) is 4.05. The Balaban J connectivity index is 1.56. The van der Waals surface area contributed by atoms with Gasteiger partial charge in [0.2, 0.25) is 0 Å². The first-order chi connectivity index (χ1) is 17.2. The number of rotatable bonds is 2. The highest BCUT2D eigenvalue weighted by atomic mass is 16.2. The van der Waals surface area contributed by atoms with E-state index in [1.807, 2.05) is 26.0 Å². The fraction of sp³-hybridized carbons (Fsp3) is 0.143. The van der Waals surface area contributed by atoms with Crippen LogP contribution in [0.15, 0.2) is 48.5 Å². The smallest absolute Gasteiger partial charge is 0.267 e. The number of benzene rings is 2. The van der Waals surface area contributed by atoms with Crippen molar-refractivity contribution in [2.45, 2.75) is 27.7 Å². The molecule has 2 aromatic heterocycles. The summed E-state index contributed by atoms with van der Waals surface area (Å²) in [6.07, 6.45) is 0. The first kappa shape index (κ1) is 21.8. The van der Waals surface area contributed by atoms with Gasteiger partial charge in [0.05, 0.1) is 0 Å². The molecule has 0 radical (unpaired) electrons. The first-order valence-corrected chi connectivity index (χ1v) is 11.4. The van der Waals surface area contributed by atoms with Crippen molar-refractivity contribution in [2.75, 3.05) is 9.80 Å². The van der Waals surface area contributed by atoms with E-state index < -0.39 is 23.6 Å². The molecule has 4 aromatic rings. The Bertz CT molecular complexity index is 1490. The molecule has 8 nitrogen and oxygen atoms in total. The molecule has 4 amide bonds. The molecule has 0 saturated heterocycles. The molecule has 0 unspecified atom stereocenters. The van der Waals surface area contributed by atoms with Gasteiger partial charge in [-0.1, -0.05) is 0 Å². The Labute approximate surface area is 206 Å². The summed E-state index contributed by atoms with van der Waals surface area (Å²) < 4.78 is 0. The van der Waals surface area contributed by atoms with Gasteiger partial charge in [-0.25, -0.2) is 19.8 Å². The van der Waals surface area contributed by atoms with Crippen LogP contribution < -0.4 is 9.80 Å². The SMILES string of the molecule is Cc1cc(C)nc(N2C(=O)c3ccc4c5c(ccc(c35)C2=O)C(=O)N(c2cc(C)cc(C)n2)C4=O)c1. The second-order valence-electron chi connectivity index (χ2n) is 9.25. The van der Waals surface area contributed by atoms with Crippen LogP contribution in [0.2, 0.25) is 0 Å². The van der Waals surface area contributed by atoms with E-state index in [-0.39, 0.29) is 33.9 Å². The zero-order valence-electron chi connectivity index (χ0n) is 20.0. The topological polar surface area (TPSA) is 101 Å². The zero-order chi connectivity index (χ0) is 25.5. The molecule has 8 heteroatoms. The Morgan fingerprint density at radius 2 is 0.806 bits per heavy atom. The monoisotopic (exact) mass is 476 g/mol. The maximum Gasteiger partial charge on any atom is 0.267 e. The van der Waals surface area contributed by atoms with Gasteiger partial charge in [0, 0.05) is 44.4 Å². The third-order valence-corrected chi connectivity index (χ3v) is 6.52. The molecule has 2 aromatic carbocycles. The van der Waals surface area contributed by atoms with Crippen LogP contribution in [0.5, 0.6) is 0 Å². The van der Waals surface area contributed by atoms with E-state index in [0.717, 1.165) is 20.9 Å². The highest BCUT2D eigenvalue weighted by Gasteiger charge is 2.41. The van der Waals surface area contributed by atoms with Gasteiger partial charge in [0.25, 0.3) is 23.6 Å². The maximum atomic E-state index is 13.6. The fourth-order valence-electron chi connectivity index (χ4n) is 5.16. The normalized spacial score (nSPS) is 14.8. The van der Waals surface area contributed by atoms with Crippen molar-refractivity contribution in [3.8, 4) is 0 Å². The van der Waals surface area contributed by atoms with E-state index in [1.54, 1.807) is 26.0 Å². The fourth-order valence-corrected chi connectivity index (χ4v) is 5.16. The van der Waals surface area contributed by atoms with E-state index in [2.05, 4.69) is 9.97 Å². The van der Waals surface area contributed by atoms with E-state index in [1.165, 1.54) is 24.3 Å². The van der Waals surface area contributed by atoms with Gasteiger partial charge >= 0.3 is 0 Å². The number of hydrogen-bond acceptors (Lipinski definition) is 6. The second kappa shape index (κ2) is 7.39. The molecule has 0 aliphatic carbocycles. The van der Waals surface area contributed by atoms with Gasteiger partial charge in [-0.05, 0) is 87.4 Å². The molecular formula is C28H20N4O4. The van der Waals surface area contributed by atoms with Crippen molar-refractivity contribution in [1.82, 2.24) is 9.97 Å². The molecule has 36 heavy (non-hydrogen) atoms. The van der Waals surface area contributed by atoms with Crippen LogP contribution in [-0.4, -0.2) is 33.6 Å². The molecule has 0 bridgehead atoms. The summed E-state index contributed by atoms with van der Waals surface area (Å²) in [7, 11) is 0. The van der Waals surface area contributed by atoms with E-state index in [9.17, 15) is 19.2 Å². The van der Waals surface area contributed by atoms with Crippen LogP contribution in [0.4, 0.5) is 11.6 Å². The average molecular weight is 476 g/mol. The molecular weight excluding hydrogens is 456 g/mol. The Morgan fingerprint density at radius 1 is 0.500 bits per heavy atom. The predicted molar refractivity (Wildman–Crippen MR) is 134 cm³/mol. The number of carbonyl (C=O) groups excluding carboxylic acids is 4. The third kappa shape index (κ3) is 2.94. The minimum Gasteiger partial charge on any atom is -0.268 e. The number of hydrogen-bond donors (Lipinski definition) is 0. The Hall–Kier alpha value is -4.72. The van der Waals surface area contributed by atoms with Crippen molar-refractivity contribution in [1.29, 1.82) is 0 Å². The van der Waals surface area contributed by atoms with Crippen molar-refractivity contribution in [3.63, 3.8) is 0 Å². The van der Waals surface area contributed by atoms with Gasteiger partial charge < -0.3 is 0 Å². The summed E-state index contributed by atoms with van der Waals surface area (Å²) in [6.45, 7) is 7.32. The number of pyridine rings is 2. The van der Waals surface area contributed by atoms with Crippen LogP contribution in [0.3, 0.4) is 0 Å². The summed E-state index contributed by atoms with van der Waals surface area (Å²) in [4.78, 5) is 65.2. The number of aromatic nitrogens is 2. The lowest BCUT2D eigenvalue weighted by atomic mass is 9.86. The second-order valence-corrected chi connectivity index (χ2v) is 9.25. The van der Waals surface area contributed by atoms with E-state index >= 15 is 0 Å². The number of imide groups is 2. The van der Waals surface area contributed by atoms with Crippen molar-refractivity contribution >= 4 is 46.0 Å². The molecule has 6 rings (SSSR count). The minimum absolute atomic E-state index is 0.237. The third-order valence-electron chi connectivity index (χ3n) is 6.52. The van der Waals surface area contributed by atoms with Crippen molar-refractivity contribution < 1.29 is 19.2 Å². The van der Waals surface area contributed by atoms with Crippen LogP contribution in [-0.2, 0) is 0 Å². The lowest BCUT2D eigenvalue weighted by Gasteiger charge is -2.31. The van der Waals surface area contributed by atoms with Crippen molar-refractivity contribution in [3.05, 3.63) is 93.3 Å². The van der Waals surface area contributed by atoms with Crippen LogP contribution in [0, 0.1) is 27.7 Å². The van der Waals surface area contributed by atoms with Crippen LogP contribution >= 0.6 is 0 Å². The van der Waals surface area contributed by atoms with Crippen LogP contribution in [0.25, 0.3) is 10.8 Å². The van der Waals surface area contributed by atoms with Gasteiger partial charge in [-0.3, -0.25) is 19.2 Å². The molecule has 2 aliphatic rings. The minimum atomic E-state index is -0.549. The molecule has 176 valence electrons. The number of nitrogens with zero attached hydrogens (tertiary/aromatic N) is 4. The molecule has 0 N–H and O–H groups in total. The number of carbonyl (C=O) groups is 4. The van der Waals surface area contributed by atoms with Gasteiger partial charge in [-0.15, -0.1) is 0 Å². The number of aryl methyl sites for hydroxylation is 4. The maximum absolute atomic E-state index is 13.6. The molecule has 0 saturated carbocycles. The standard InChI is InChI=1S/C28H20N4O4/c1-13-9-15(3)29-21(11-13)31-25(33)17-5-7-19-24-20(8-6-18(23(17)24)26(31)34)28(36)32(27(19)35)22-12-14(2)10-16(4)30-22/h5-12H,1-4H3. The van der Waals surface area contributed by atoms with Crippen molar-refractivity contribution in [2.24, 2.45) is 0 Å². The molecule has 0 atom stereocenters. The number of amides is 4. The summed E-state index contributed by atoms with van der Waals surface area (Å²) in [5.74, 6) is -1.72. The first-order valence-electron chi connectivity index (χ1n) is 11.4. The Kier molecular flexibility index (Phi) is 4.47. The lowest BCUT2D eigenvalue weighted by Crippen LogP contribution is -2.44. The predicted octanol–water partition coefficient (Wildman–Crippen LogP) is 4.46. The molecule has 0 fully saturated rings. The largest absolute Gasteiger partial charge is 0.268 e. The lowest BCUT2D eigenvalue weighted by molar-refractivity contribution is 0.0871. The van der Waals surface area contributed by atoms with E-state index in [4.69, 9.17) is 0 Å². The molecule has 4 heterocycles. The summed E-state index contributed by atoms with van der Waals surface area (Å²) >= 11 is 0. The zero-order valence-corrected chi connectivity index (χ0v) is 20.0. The summed E-state index contributed by atoms with van der Waals surface area (Å²) in [6, 6.07) is 13.2. The van der Waals surface area contributed by atoms with E-state index in [0.29, 0.717) is 22.2 Å². The van der Waals surface area contributed by atoms with Gasteiger partial charge in [0.1, 0.15) is 11.6 Å². The number of anilines is 2. The highest BCUT2D eigenvalue weighted by molar-refractivity contribution is 6.42. The molecule has 2 aliphatic heterocycles. The quantitative estimate of drug-likeness (QED) is 0.396. The highest BCUT2D eigenvalue weighted by Crippen LogP contribution is 2.39. The summed E-state index contributed by atoms with van der Waals surface area (Å²) in [5, 5.41) is 0.630.